The quantitative estimate of drug-likeness (QED) is 0.876. The van der Waals surface area contributed by atoms with Gasteiger partial charge >= 0.3 is 0 Å². The maximum Gasteiger partial charge on any atom is 0.137 e. The van der Waals surface area contributed by atoms with Gasteiger partial charge in [-0.05, 0) is 40.9 Å². The van der Waals surface area contributed by atoms with Crippen LogP contribution in [0.1, 0.15) is 25.0 Å². The summed E-state index contributed by atoms with van der Waals surface area (Å²) in [5, 5.41) is 3.52. The Morgan fingerprint density at radius 2 is 2.31 bits per heavy atom. The average molecular weight is 280 g/mol. The minimum absolute atomic E-state index is 0.716. The zero-order chi connectivity index (χ0) is 11.0. The van der Waals surface area contributed by atoms with Crippen molar-refractivity contribution in [3.8, 4) is 0 Å². The molecule has 3 rings (SSSR count). The van der Waals surface area contributed by atoms with Crippen LogP contribution in [-0.2, 0) is 6.54 Å². The molecular weight excluding hydrogens is 266 g/mol. The fourth-order valence-electron chi connectivity index (χ4n) is 1.97. The van der Waals surface area contributed by atoms with Crippen molar-refractivity contribution in [1.82, 2.24) is 14.7 Å². The second-order valence-corrected chi connectivity index (χ2v) is 5.13. The Balaban J connectivity index is 1.79. The molecule has 1 fully saturated rings. The molecule has 4 heteroatoms. The summed E-state index contributed by atoms with van der Waals surface area (Å²) < 4.78 is 3.12. The molecule has 0 amide bonds. The van der Waals surface area contributed by atoms with Crippen molar-refractivity contribution in [2.45, 2.75) is 31.8 Å². The first-order valence-electron chi connectivity index (χ1n) is 5.69. The fourth-order valence-corrected chi connectivity index (χ4v) is 2.41. The monoisotopic (exact) mass is 279 g/mol. The first-order chi connectivity index (χ1) is 7.83. The normalized spacial score (nSPS) is 16.6. The van der Waals surface area contributed by atoms with Crippen molar-refractivity contribution in [2.24, 2.45) is 0 Å². The van der Waals surface area contributed by atoms with Gasteiger partial charge in [0.25, 0.3) is 0 Å². The molecule has 84 valence electrons. The maximum absolute atomic E-state index is 4.57. The molecule has 0 bridgehead atoms. The van der Waals surface area contributed by atoms with Crippen molar-refractivity contribution in [2.75, 3.05) is 0 Å². The number of aromatic nitrogens is 2. The van der Waals surface area contributed by atoms with Crippen LogP contribution in [-0.4, -0.2) is 15.4 Å². The van der Waals surface area contributed by atoms with Gasteiger partial charge in [0.15, 0.2) is 0 Å². The number of fused-ring (bicyclic) bond motifs is 1. The van der Waals surface area contributed by atoms with Crippen LogP contribution in [0.15, 0.2) is 29.0 Å². The van der Waals surface area contributed by atoms with Gasteiger partial charge in [-0.3, -0.25) is 4.40 Å². The summed E-state index contributed by atoms with van der Waals surface area (Å²) in [7, 11) is 0. The highest BCUT2D eigenvalue weighted by Gasteiger charge is 2.16. The van der Waals surface area contributed by atoms with Crippen molar-refractivity contribution in [3.05, 3.63) is 34.7 Å². The Labute approximate surface area is 103 Å². The summed E-state index contributed by atoms with van der Waals surface area (Å²) in [5.41, 5.74) is 2.11. The molecule has 3 nitrogen and oxygen atoms in total. The van der Waals surface area contributed by atoms with Crippen LogP contribution in [0.4, 0.5) is 0 Å². The van der Waals surface area contributed by atoms with E-state index in [9.17, 15) is 0 Å². The number of rotatable bonds is 3. The molecule has 16 heavy (non-hydrogen) atoms. The molecule has 2 aromatic rings. The van der Waals surface area contributed by atoms with E-state index >= 15 is 0 Å². The number of halogens is 1. The minimum atomic E-state index is 0.716. The standard InChI is InChI=1S/C12H14BrN3/c13-11-5-2-6-12-15-10(8-16(11)12)7-14-9-3-1-4-9/h2,5-6,8-9,14H,1,3-4,7H2. The fraction of sp³-hybridized carbons (Fsp3) is 0.417. The van der Waals surface area contributed by atoms with Crippen LogP contribution in [0, 0.1) is 0 Å². The van der Waals surface area contributed by atoms with E-state index in [1.165, 1.54) is 19.3 Å². The number of pyridine rings is 1. The molecule has 2 heterocycles. The lowest BCUT2D eigenvalue weighted by Crippen LogP contribution is -2.34. The highest BCUT2D eigenvalue weighted by Crippen LogP contribution is 2.19. The molecular formula is C12H14BrN3. The molecule has 0 unspecified atom stereocenters. The largest absolute Gasteiger partial charge is 0.308 e. The topological polar surface area (TPSA) is 29.3 Å². The van der Waals surface area contributed by atoms with Crippen LogP contribution in [0.5, 0.6) is 0 Å². The molecule has 1 N–H and O–H groups in total. The Morgan fingerprint density at radius 3 is 3.00 bits per heavy atom. The van der Waals surface area contributed by atoms with Crippen molar-refractivity contribution in [3.63, 3.8) is 0 Å². The lowest BCUT2D eigenvalue weighted by molar-refractivity contribution is 0.337. The second-order valence-electron chi connectivity index (χ2n) is 4.32. The lowest BCUT2D eigenvalue weighted by Gasteiger charge is -2.26. The van der Waals surface area contributed by atoms with Gasteiger partial charge in [-0.15, -0.1) is 0 Å². The van der Waals surface area contributed by atoms with Gasteiger partial charge in [0.05, 0.1) is 10.3 Å². The molecule has 1 saturated carbocycles. The predicted molar refractivity (Wildman–Crippen MR) is 67.4 cm³/mol. The van der Waals surface area contributed by atoms with Gasteiger partial charge in [0.2, 0.25) is 0 Å². The summed E-state index contributed by atoms with van der Waals surface area (Å²) in [4.78, 5) is 4.57. The third-order valence-electron chi connectivity index (χ3n) is 3.17. The lowest BCUT2D eigenvalue weighted by atomic mass is 9.93. The SMILES string of the molecule is Brc1cccc2nc(CNC3CCC3)cn12. The number of hydrogen-bond acceptors (Lipinski definition) is 2. The number of nitrogens with zero attached hydrogens (tertiary/aromatic N) is 2. The van der Waals surface area contributed by atoms with Crippen LogP contribution < -0.4 is 5.32 Å². The van der Waals surface area contributed by atoms with E-state index in [1.807, 2.05) is 18.2 Å². The van der Waals surface area contributed by atoms with E-state index in [4.69, 9.17) is 0 Å². The second kappa shape index (κ2) is 4.18. The number of nitrogens with one attached hydrogen (secondary N) is 1. The molecule has 0 radical (unpaired) electrons. The molecule has 0 atom stereocenters. The van der Waals surface area contributed by atoms with E-state index in [2.05, 4.69) is 36.8 Å². The summed E-state index contributed by atoms with van der Waals surface area (Å²) in [5.74, 6) is 0. The highest BCUT2D eigenvalue weighted by atomic mass is 79.9. The Kier molecular flexibility index (Phi) is 2.69. The molecule has 2 aromatic heterocycles. The summed E-state index contributed by atoms with van der Waals surface area (Å²) in [6, 6.07) is 6.78. The van der Waals surface area contributed by atoms with E-state index in [1.54, 1.807) is 0 Å². The average Bonchev–Trinajstić information content (AvgIpc) is 2.60. The van der Waals surface area contributed by atoms with Crippen LogP contribution in [0.3, 0.4) is 0 Å². The van der Waals surface area contributed by atoms with Gasteiger partial charge in [-0.25, -0.2) is 4.98 Å². The van der Waals surface area contributed by atoms with Crippen LogP contribution >= 0.6 is 15.9 Å². The first kappa shape index (κ1) is 10.3. The zero-order valence-electron chi connectivity index (χ0n) is 8.99. The molecule has 0 spiro atoms. The molecule has 0 aliphatic heterocycles. The Bertz CT molecular complexity index is 502. The maximum atomic E-state index is 4.57. The molecule has 1 aliphatic rings. The summed E-state index contributed by atoms with van der Waals surface area (Å²) in [6.07, 6.45) is 6.09. The third-order valence-corrected chi connectivity index (χ3v) is 3.82. The number of hydrogen-bond donors (Lipinski definition) is 1. The van der Waals surface area contributed by atoms with Gasteiger partial charge in [0.1, 0.15) is 5.65 Å². The van der Waals surface area contributed by atoms with Crippen LogP contribution in [0.25, 0.3) is 5.65 Å². The molecule has 1 aliphatic carbocycles. The van der Waals surface area contributed by atoms with Crippen molar-refractivity contribution < 1.29 is 0 Å². The van der Waals surface area contributed by atoms with Gasteiger partial charge < -0.3 is 5.32 Å². The molecule has 0 aromatic carbocycles. The van der Waals surface area contributed by atoms with Crippen LogP contribution in [0.2, 0.25) is 0 Å². The zero-order valence-corrected chi connectivity index (χ0v) is 10.6. The smallest absolute Gasteiger partial charge is 0.137 e. The van der Waals surface area contributed by atoms with E-state index in [0.717, 1.165) is 22.5 Å². The Hall–Kier alpha value is -0.870. The van der Waals surface area contributed by atoms with E-state index < -0.39 is 0 Å². The summed E-state index contributed by atoms with van der Waals surface area (Å²) >= 11 is 3.52. The third kappa shape index (κ3) is 1.87. The van der Waals surface area contributed by atoms with Gasteiger partial charge in [0, 0.05) is 18.8 Å². The van der Waals surface area contributed by atoms with Crippen molar-refractivity contribution in [1.29, 1.82) is 0 Å². The van der Waals surface area contributed by atoms with Gasteiger partial charge in [-0.1, -0.05) is 12.5 Å². The summed E-state index contributed by atoms with van der Waals surface area (Å²) in [6.45, 7) is 0.874. The molecule has 0 saturated heterocycles. The minimum Gasteiger partial charge on any atom is -0.308 e. The Morgan fingerprint density at radius 1 is 1.44 bits per heavy atom. The highest BCUT2D eigenvalue weighted by molar-refractivity contribution is 9.10. The van der Waals surface area contributed by atoms with E-state index in [0.29, 0.717) is 6.04 Å². The van der Waals surface area contributed by atoms with E-state index in [-0.39, 0.29) is 0 Å². The first-order valence-corrected chi connectivity index (χ1v) is 6.48. The number of imidazole rings is 1. The van der Waals surface area contributed by atoms with Crippen molar-refractivity contribution >= 4 is 21.6 Å². The predicted octanol–water partition coefficient (Wildman–Crippen LogP) is 2.74. The van der Waals surface area contributed by atoms with Gasteiger partial charge in [-0.2, -0.15) is 0 Å².